The third kappa shape index (κ3) is 3.45. The Morgan fingerprint density at radius 3 is 2.76 bits per heavy atom. The molecular formula is C15H18N4O2. The number of rotatable bonds is 5. The largest absolute Gasteiger partial charge is 0.457 e. The van der Waals surface area contributed by atoms with Gasteiger partial charge in [0.15, 0.2) is 12.4 Å². The topological polar surface area (TPSA) is 69.9 Å². The van der Waals surface area contributed by atoms with E-state index in [-0.39, 0.29) is 12.6 Å². The highest BCUT2D eigenvalue weighted by atomic mass is 16.5. The van der Waals surface area contributed by atoms with Crippen LogP contribution in [0.15, 0.2) is 30.3 Å². The molecule has 0 saturated heterocycles. The van der Waals surface area contributed by atoms with Crippen molar-refractivity contribution < 1.29 is 9.53 Å². The van der Waals surface area contributed by atoms with Gasteiger partial charge in [-0.15, -0.1) is 5.10 Å². The van der Waals surface area contributed by atoms with Crippen LogP contribution in [0.4, 0.5) is 0 Å². The second kappa shape index (κ2) is 6.47. The standard InChI is InChI=1S/C15H18N4O2/c20-15(10-12-6-4-5-7-12)21-11-14-16-17-18-19(14)13-8-2-1-3-9-13/h1-3,8-9,12H,4-7,10-11H2. The molecule has 0 bridgehead atoms. The van der Waals surface area contributed by atoms with Gasteiger partial charge in [0, 0.05) is 6.42 Å². The molecule has 21 heavy (non-hydrogen) atoms. The van der Waals surface area contributed by atoms with Gasteiger partial charge in [0.05, 0.1) is 5.69 Å². The minimum Gasteiger partial charge on any atom is -0.457 e. The van der Waals surface area contributed by atoms with E-state index in [0.29, 0.717) is 18.2 Å². The third-order valence-electron chi connectivity index (χ3n) is 3.83. The van der Waals surface area contributed by atoms with Crippen molar-refractivity contribution in [3.63, 3.8) is 0 Å². The summed E-state index contributed by atoms with van der Waals surface area (Å²) in [5, 5.41) is 11.5. The quantitative estimate of drug-likeness (QED) is 0.789. The molecule has 0 radical (unpaired) electrons. The number of hydrogen-bond acceptors (Lipinski definition) is 5. The smallest absolute Gasteiger partial charge is 0.306 e. The van der Waals surface area contributed by atoms with E-state index >= 15 is 0 Å². The highest BCUT2D eigenvalue weighted by Gasteiger charge is 2.20. The van der Waals surface area contributed by atoms with E-state index in [4.69, 9.17) is 4.74 Å². The van der Waals surface area contributed by atoms with E-state index in [1.54, 1.807) is 4.68 Å². The molecule has 0 N–H and O–H groups in total. The summed E-state index contributed by atoms with van der Waals surface area (Å²) in [5.41, 5.74) is 0.851. The van der Waals surface area contributed by atoms with Crippen LogP contribution in [0.2, 0.25) is 0 Å². The number of aromatic nitrogens is 4. The van der Waals surface area contributed by atoms with Crippen LogP contribution in [-0.4, -0.2) is 26.2 Å². The second-order valence-corrected chi connectivity index (χ2v) is 5.36. The molecule has 1 aliphatic carbocycles. The third-order valence-corrected chi connectivity index (χ3v) is 3.83. The Bertz CT molecular complexity index is 591. The predicted molar refractivity (Wildman–Crippen MR) is 75.5 cm³/mol. The van der Waals surface area contributed by atoms with Crippen LogP contribution in [0.1, 0.15) is 37.9 Å². The zero-order valence-electron chi connectivity index (χ0n) is 11.8. The van der Waals surface area contributed by atoms with Gasteiger partial charge in [0.2, 0.25) is 0 Å². The zero-order valence-corrected chi connectivity index (χ0v) is 11.8. The maximum Gasteiger partial charge on any atom is 0.306 e. The fourth-order valence-electron chi connectivity index (χ4n) is 2.72. The molecule has 3 rings (SSSR count). The lowest BCUT2D eigenvalue weighted by atomic mass is 10.1. The Labute approximate surface area is 123 Å². The van der Waals surface area contributed by atoms with Gasteiger partial charge in [-0.05, 0) is 41.3 Å². The lowest BCUT2D eigenvalue weighted by Gasteiger charge is -2.09. The molecule has 1 aromatic heterocycles. The summed E-state index contributed by atoms with van der Waals surface area (Å²) in [6.07, 6.45) is 5.23. The summed E-state index contributed by atoms with van der Waals surface area (Å²) in [5.74, 6) is 0.855. The molecule has 0 amide bonds. The van der Waals surface area contributed by atoms with Crippen molar-refractivity contribution in [2.24, 2.45) is 5.92 Å². The van der Waals surface area contributed by atoms with Gasteiger partial charge in [-0.25, -0.2) is 0 Å². The number of esters is 1. The number of benzene rings is 1. The lowest BCUT2D eigenvalue weighted by molar-refractivity contribution is -0.146. The van der Waals surface area contributed by atoms with Crippen molar-refractivity contribution in [2.45, 2.75) is 38.7 Å². The van der Waals surface area contributed by atoms with E-state index in [1.165, 1.54) is 12.8 Å². The van der Waals surface area contributed by atoms with Crippen molar-refractivity contribution in [3.05, 3.63) is 36.2 Å². The Morgan fingerprint density at radius 2 is 2.00 bits per heavy atom. The molecule has 0 unspecified atom stereocenters. The van der Waals surface area contributed by atoms with Gasteiger partial charge in [0.1, 0.15) is 0 Å². The first-order valence-corrected chi connectivity index (χ1v) is 7.31. The molecule has 6 heteroatoms. The predicted octanol–water partition coefficient (Wildman–Crippen LogP) is 2.29. The first-order valence-electron chi connectivity index (χ1n) is 7.31. The molecule has 0 atom stereocenters. The SMILES string of the molecule is O=C(CC1CCCC1)OCc1nnnn1-c1ccccc1. The van der Waals surface area contributed by atoms with Crippen molar-refractivity contribution in [3.8, 4) is 5.69 Å². The Kier molecular flexibility index (Phi) is 4.23. The van der Waals surface area contributed by atoms with E-state index in [9.17, 15) is 4.79 Å². The van der Waals surface area contributed by atoms with Gasteiger partial charge in [-0.1, -0.05) is 31.0 Å². The average Bonchev–Trinajstić information content (AvgIpc) is 3.17. The summed E-state index contributed by atoms with van der Waals surface area (Å²) < 4.78 is 6.89. The highest BCUT2D eigenvalue weighted by Crippen LogP contribution is 2.27. The number of carbonyl (C=O) groups is 1. The van der Waals surface area contributed by atoms with Crippen molar-refractivity contribution in [1.82, 2.24) is 20.2 Å². The van der Waals surface area contributed by atoms with E-state index < -0.39 is 0 Å². The van der Waals surface area contributed by atoms with Crippen LogP contribution < -0.4 is 0 Å². The number of hydrogen-bond donors (Lipinski definition) is 0. The molecule has 1 fully saturated rings. The maximum absolute atomic E-state index is 11.8. The zero-order chi connectivity index (χ0) is 14.5. The van der Waals surface area contributed by atoms with Gasteiger partial charge in [-0.2, -0.15) is 4.68 Å². The second-order valence-electron chi connectivity index (χ2n) is 5.36. The van der Waals surface area contributed by atoms with E-state index in [1.807, 2.05) is 30.3 Å². The van der Waals surface area contributed by atoms with Crippen molar-refractivity contribution in [2.75, 3.05) is 0 Å². The van der Waals surface area contributed by atoms with Crippen LogP contribution in [0, 0.1) is 5.92 Å². The summed E-state index contributed by atoms with van der Waals surface area (Å²) in [6.45, 7) is 0.105. The molecule has 1 saturated carbocycles. The summed E-state index contributed by atoms with van der Waals surface area (Å²) in [6, 6.07) is 9.55. The summed E-state index contributed by atoms with van der Waals surface area (Å²) in [7, 11) is 0. The first kappa shape index (κ1) is 13.7. The normalized spacial score (nSPS) is 15.2. The van der Waals surface area contributed by atoms with Gasteiger partial charge in [-0.3, -0.25) is 4.79 Å². The fraction of sp³-hybridized carbons (Fsp3) is 0.467. The van der Waals surface area contributed by atoms with Crippen LogP contribution in [0.5, 0.6) is 0 Å². The molecule has 1 heterocycles. The summed E-state index contributed by atoms with van der Waals surface area (Å²) >= 11 is 0. The molecule has 2 aromatic rings. The van der Waals surface area contributed by atoms with Crippen molar-refractivity contribution >= 4 is 5.97 Å². The molecule has 6 nitrogen and oxygen atoms in total. The molecule has 110 valence electrons. The Balaban J connectivity index is 1.58. The average molecular weight is 286 g/mol. The van der Waals surface area contributed by atoms with Crippen LogP contribution in [-0.2, 0) is 16.1 Å². The van der Waals surface area contributed by atoms with Gasteiger partial charge in [0.25, 0.3) is 0 Å². The number of tetrazole rings is 1. The number of nitrogens with zero attached hydrogens (tertiary/aromatic N) is 4. The fourth-order valence-corrected chi connectivity index (χ4v) is 2.72. The minimum atomic E-state index is -0.162. The lowest BCUT2D eigenvalue weighted by Crippen LogP contribution is -2.12. The molecule has 1 aliphatic rings. The monoisotopic (exact) mass is 286 g/mol. The highest BCUT2D eigenvalue weighted by molar-refractivity contribution is 5.69. The van der Waals surface area contributed by atoms with Crippen LogP contribution >= 0.6 is 0 Å². The maximum atomic E-state index is 11.8. The Hall–Kier alpha value is -2.24. The summed E-state index contributed by atoms with van der Waals surface area (Å²) in [4.78, 5) is 11.8. The first-order chi connectivity index (χ1) is 10.3. The molecule has 1 aromatic carbocycles. The van der Waals surface area contributed by atoms with Gasteiger partial charge >= 0.3 is 5.97 Å². The number of carbonyl (C=O) groups excluding carboxylic acids is 1. The molecular weight excluding hydrogens is 268 g/mol. The van der Waals surface area contributed by atoms with Crippen LogP contribution in [0.3, 0.4) is 0 Å². The van der Waals surface area contributed by atoms with Crippen LogP contribution in [0.25, 0.3) is 5.69 Å². The molecule has 0 aliphatic heterocycles. The van der Waals surface area contributed by atoms with Gasteiger partial charge < -0.3 is 4.74 Å². The molecule has 0 spiro atoms. The Morgan fingerprint density at radius 1 is 1.24 bits per heavy atom. The van der Waals surface area contributed by atoms with E-state index in [2.05, 4.69) is 15.5 Å². The van der Waals surface area contributed by atoms with Crippen molar-refractivity contribution in [1.29, 1.82) is 0 Å². The number of ether oxygens (including phenoxy) is 1. The minimum absolute atomic E-state index is 0.105. The number of para-hydroxylation sites is 1. The van der Waals surface area contributed by atoms with E-state index in [0.717, 1.165) is 18.5 Å².